The molecule has 4 bridgehead atoms. The van der Waals surface area contributed by atoms with E-state index in [9.17, 15) is 4.79 Å². The van der Waals surface area contributed by atoms with Crippen LogP contribution in [0.25, 0.3) is 0 Å². The average molecular weight is 369 g/mol. The molecule has 4 aliphatic carbocycles. The highest BCUT2D eigenvalue weighted by Gasteiger charge is 2.54. The summed E-state index contributed by atoms with van der Waals surface area (Å²) in [6, 6.07) is 5.61. The number of carbonyl (C=O) groups is 1. The van der Waals surface area contributed by atoms with Crippen LogP contribution in [-0.4, -0.2) is 5.91 Å². The van der Waals surface area contributed by atoms with E-state index < -0.39 is 0 Å². The van der Waals surface area contributed by atoms with Gasteiger partial charge in [0.15, 0.2) is 0 Å². The molecule has 4 aliphatic rings. The SMILES string of the molecule is O=C(Nc1cccc(Cl)c1Br)C12CC3CC(CC(C3)C1)C2. The van der Waals surface area contributed by atoms with Crippen LogP contribution in [-0.2, 0) is 4.79 Å². The zero-order valence-corrected chi connectivity index (χ0v) is 14.2. The molecule has 4 heteroatoms. The predicted octanol–water partition coefficient (Wildman–Crippen LogP) is 5.26. The van der Waals surface area contributed by atoms with Gasteiger partial charge in [-0.05, 0) is 84.3 Å². The lowest BCUT2D eigenvalue weighted by Crippen LogP contribution is -2.51. The van der Waals surface area contributed by atoms with Crippen LogP contribution in [0, 0.1) is 23.2 Å². The summed E-state index contributed by atoms with van der Waals surface area (Å²) in [4.78, 5) is 13.0. The Morgan fingerprint density at radius 2 is 1.71 bits per heavy atom. The molecule has 0 saturated heterocycles. The van der Waals surface area contributed by atoms with Gasteiger partial charge in [0.05, 0.1) is 20.6 Å². The van der Waals surface area contributed by atoms with Crippen molar-refractivity contribution in [2.24, 2.45) is 23.2 Å². The Morgan fingerprint density at radius 1 is 1.14 bits per heavy atom. The van der Waals surface area contributed by atoms with Crippen LogP contribution < -0.4 is 5.32 Å². The van der Waals surface area contributed by atoms with Crippen molar-refractivity contribution in [1.29, 1.82) is 0 Å². The molecule has 1 N–H and O–H groups in total. The van der Waals surface area contributed by atoms with Crippen molar-refractivity contribution in [3.63, 3.8) is 0 Å². The Kier molecular flexibility index (Phi) is 3.34. The third-order valence-corrected chi connectivity index (χ3v) is 7.12. The Morgan fingerprint density at radius 3 is 2.29 bits per heavy atom. The summed E-state index contributed by atoms with van der Waals surface area (Å²) in [5.74, 6) is 2.56. The molecule has 5 rings (SSSR count). The summed E-state index contributed by atoms with van der Waals surface area (Å²) in [5.41, 5.74) is 0.680. The zero-order valence-electron chi connectivity index (χ0n) is 11.9. The summed E-state index contributed by atoms with van der Waals surface area (Å²) in [5, 5.41) is 3.78. The molecule has 0 spiro atoms. The number of halogens is 2. The third kappa shape index (κ3) is 2.33. The summed E-state index contributed by atoms with van der Waals surface area (Å²) in [6.45, 7) is 0. The van der Waals surface area contributed by atoms with Gasteiger partial charge < -0.3 is 5.32 Å². The first-order chi connectivity index (χ1) is 10.1. The number of rotatable bonds is 2. The van der Waals surface area contributed by atoms with E-state index in [1.54, 1.807) is 0 Å². The number of hydrogen-bond acceptors (Lipinski definition) is 1. The largest absolute Gasteiger partial charge is 0.325 e. The lowest BCUT2D eigenvalue weighted by molar-refractivity contribution is -0.140. The maximum Gasteiger partial charge on any atom is 0.230 e. The van der Waals surface area contributed by atoms with Crippen molar-refractivity contribution < 1.29 is 4.79 Å². The van der Waals surface area contributed by atoms with Crippen LogP contribution in [0.15, 0.2) is 22.7 Å². The van der Waals surface area contributed by atoms with Gasteiger partial charge in [0.2, 0.25) is 5.91 Å². The number of nitrogens with one attached hydrogen (secondary N) is 1. The molecule has 0 unspecified atom stereocenters. The summed E-state index contributed by atoms with van der Waals surface area (Å²) in [6.07, 6.45) is 7.32. The van der Waals surface area contributed by atoms with Crippen molar-refractivity contribution >= 4 is 39.1 Å². The van der Waals surface area contributed by atoms with Crippen molar-refractivity contribution in [2.45, 2.75) is 38.5 Å². The quantitative estimate of drug-likeness (QED) is 0.758. The van der Waals surface area contributed by atoms with Crippen LogP contribution in [0.3, 0.4) is 0 Å². The standard InChI is InChI=1S/C17H19BrClNO/c18-15-13(19)2-1-3-14(15)20-16(21)17-7-10-4-11(8-17)6-12(5-10)9-17/h1-3,10-12H,4-9H2,(H,20,21). The lowest BCUT2D eigenvalue weighted by Gasteiger charge is -2.55. The minimum Gasteiger partial charge on any atom is -0.325 e. The van der Waals surface area contributed by atoms with Crippen LogP contribution in [0.4, 0.5) is 5.69 Å². The molecule has 0 atom stereocenters. The normalized spacial score (nSPS) is 36.8. The second-order valence-corrected chi connectivity index (χ2v) is 8.45. The maximum absolute atomic E-state index is 13.0. The fourth-order valence-corrected chi connectivity index (χ4v) is 5.78. The minimum absolute atomic E-state index is 0.115. The highest BCUT2D eigenvalue weighted by molar-refractivity contribution is 9.10. The van der Waals surface area contributed by atoms with Crippen molar-refractivity contribution in [3.8, 4) is 0 Å². The molecule has 1 amide bonds. The minimum atomic E-state index is -0.115. The monoisotopic (exact) mass is 367 g/mol. The second kappa shape index (κ2) is 4.99. The Labute approximate surface area is 138 Å². The Hall–Kier alpha value is -0.540. The van der Waals surface area contributed by atoms with Gasteiger partial charge in [0.25, 0.3) is 0 Å². The molecule has 2 nitrogen and oxygen atoms in total. The fourth-order valence-electron chi connectivity index (χ4n) is 5.24. The summed E-state index contributed by atoms with van der Waals surface area (Å²) < 4.78 is 0.782. The molecular formula is C17H19BrClNO. The topological polar surface area (TPSA) is 29.1 Å². The summed E-state index contributed by atoms with van der Waals surface area (Å²) >= 11 is 9.59. The molecule has 21 heavy (non-hydrogen) atoms. The van der Waals surface area contributed by atoms with E-state index in [1.807, 2.05) is 18.2 Å². The van der Waals surface area contributed by atoms with Gasteiger partial charge in [0.1, 0.15) is 0 Å². The van der Waals surface area contributed by atoms with Crippen LogP contribution in [0.5, 0.6) is 0 Å². The zero-order chi connectivity index (χ0) is 14.6. The molecule has 1 aromatic rings. The molecule has 112 valence electrons. The fraction of sp³-hybridized carbons (Fsp3) is 0.588. The van der Waals surface area contributed by atoms with Gasteiger partial charge in [-0.15, -0.1) is 0 Å². The maximum atomic E-state index is 13.0. The second-order valence-electron chi connectivity index (χ2n) is 7.25. The average Bonchev–Trinajstić information content (AvgIpc) is 2.42. The number of benzene rings is 1. The van der Waals surface area contributed by atoms with E-state index in [-0.39, 0.29) is 11.3 Å². The van der Waals surface area contributed by atoms with Crippen LogP contribution >= 0.6 is 27.5 Å². The van der Waals surface area contributed by atoms with Crippen LogP contribution in [0.1, 0.15) is 38.5 Å². The number of amides is 1. The van der Waals surface area contributed by atoms with E-state index in [4.69, 9.17) is 11.6 Å². The highest BCUT2D eigenvalue weighted by Crippen LogP contribution is 2.60. The van der Waals surface area contributed by atoms with Gasteiger partial charge in [-0.2, -0.15) is 0 Å². The molecule has 4 fully saturated rings. The van der Waals surface area contributed by atoms with E-state index in [0.717, 1.165) is 47.2 Å². The van der Waals surface area contributed by atoms with Crippen molar-refractivity contribution in [1.82, 2.24) is 0 Å². The number of anilines is 1. The van der Waals surface area contributed by atoms with Gasteiger partial charge in [-0.1, -0.05) is 17.7 Å². The van der Waals surface area contributed by atoms with E-state index in [1.165, 1.54) is 19.3 Å². The van der Waals surface area contributed by atoms with Gasteiger partial charge >= 0.3 is 0 Å². The number of hydrogen-bond donors (Lipinski definition) is 1. The van der Waals surface area contributed by atoms with Gasteiger partial charge in [0, 0.05) is 0 Å². The highest BCUT2D eigenvalue weighted by atomic mass is 79.9. The van der Waals surface area contributed by atoms with Crippen LogP contribution in [0.2, 0.25) is 5.02 Å². The van der Waals surface area contributed by atoms with Gasteiger partial charge in [-0.25, -0.2) is 0 Å². The smallest absolute Gasteiger partial charge is 0.230 e. The Balaban J connectivity index is 1.59. The van der Waals surface area contributed by atoms with E-state index >= 15 is 0 Å². The molecular weight excluding hydrogens is 350 g/mol. The van der Waals surface area contributed by atoms with Crippen molar-refractivity contribution in [3.05, 3.63) is 27.7 Å². The molecule has 0 heterocycles. The number of carbonyl (C=O) groups excluding carboxylic acids is 1. The first kappa shape index (κ1) is 14.1. The molecule has 4 saturated carbocycles. The van der Waals surface area contributed by atoms with Crippen molar-refractivity contribution in [2.75, 3.05) is 5.32 Å². The molecule has 0 radical (unpaired) electrons. The summed E-state index contributed by atoms with van der Waals surface area (Å²) in [7, 11) is 0. The third-order valence-electron chi connectivity index (χ3n) is 5.72. The molecule has 1 aromatic carbocycles. The predicted molar refractivity (Wildman–Crippen MR) is 88.4 cm³/mol. The first-order valence-electron chi connectivity index (χ1n) is 7.81. The van der Waals surface area contributed by atoms with E-state index in [0.29, 0.717) is 5.02 Å². The molecule has 0 aliphatic heterocycles. The molecule has 0 aromatic heterocycles. The van der Waals surface area contributed by atoms with Gasteiger partial charge in [-0.3, -0.25) is 4.79 Å². The van der Waals surface area contributed by atoms with E-state index in [2.05, 4.69) is 21.2 Å². The first-order valence-corrected chi connectivity index (χ1v) is 8.98. The Bertz CT molecular complexity index is 565. The lowest BCUT2D eigenvalue weighted by atomic mass is 9.49.